The zero-order valence-corrected chi connectivity index (χ0v) is 11.4. The number of halogens is 2. The molecule has 0 amide bonds. The maximum atomic E-state index is 11.7. The molecular weight excluding hydrogens is 303 g/mol. The SMILES string of the molecule is Nc1nc2nc(-c3cc(Cl)c(N)c(Cl)c3)[nH]c2c(=O)[nH]1. The van der Waals surface area contributed by atoms with Gasteiger partial charge in [-0.1, -0.05) is 23.2 Å². The first-order valence-electron chi connectivity index (χ1n) is 5.46. The van der Waals surface area contributed by atoms with Crippen LogP contribution in [-0.2, 0) is 0 Å². The average molecular weight is 311 g/mol. The second-order valence-electron chi connectivity index (χ2n) is 4.09. The normalized spacial score (nSPS) is 11.1. The molecule has 0 aliphatic rings. The Labute approximate surface area is 121 Å². The maximum absolute atomic E-state index is 11.7. The van der Waals surface area contributed by atoms with Crippen molar-refractivity contribution in [2.45, 2.75) is 0 Å². The van der Waals surface area contributed by atoms with Crippen molar-refractivity contribution >= 4 is 46.0 Å². The van der Waals surface area contributed by atoms with Crippen LogP contribution in [0.3, 0.4) is 0 Å². The van der Waals surface area contributed by atoms with Gasteiger partial charge in [0.1, 0.15) is 5.82 Å². The summed E-state index contributed by atoms with van der Waals surface area (Å²) in [5.74, 6) is 0.390. The van der Waals surface area contributed by atoms with Gasteiger partial charge in [0, 0.05) is 5.56 Å². The third kappa shape index (κ3) is 1.97. The smallest absolute Gasteiger partial charge is 0.278 e. The van der Waals surface area contributed by atoms with E-state index in [1.165, 1.54) is 0 Å². The number of anilines is 2. The third-order valence-corrected chi connectivity index (χ3v) is 3.36. The summed E-state index contributed by atoms with van der Waals surface area (Å²) in [6, 6.07) is 3.19. The maximum Gasteiger partial charge on any atom is 0.278 e. The second kappa shape index (κ2) is 4.39. The lowest BCUT2D eigenvalue weighted by atomic mass is 10.2. The van der Waals surface area contributed by atoms with Crippen LogP contribution in [0, 0.1) is 0 Å². The fourth-order valence-corrected chi connectivity index (χ4v) is 2.27. The highest BCUT2D eigenvalue weighted by Crippen LogP contribution is 2.32. The predicted octanol–water partition coefficient (Wildman–Crippen LogP) is 1.78. The van der Waals surface area contributed by atoms with E-state index in [2.05, 4.69) is 19.9 Å². The largest absolute Gasteiger partial charge is 0.396 e. The number of imidazole rings is 1. The fraction of sp³-hybridized carbons (Fsp3) is 0. The molecule has 0 unspecified atom stereocenters. The van der Waals surface area contributed by atoms with Gasteiger partial charge in [0.15, 0.2) is 11.2 Å². The number of benzene rings is 1. The second-order valence-corrected chi connectivity index (χ2v) is 4.90. The van der Waals surface area contributed by atoms with Gasteiger partial charge in [-0.15, -0.1) is 0 Å². The van der Waals surface area contributed by atoms with Crippen LogP contribution in [0.1, 0.15) is 0 Å². The lowest BCUT2D eigenvalue weighted by Crippen LogP contribution is -2.10. The number of nitrogens with two attached hydrogens (primary N) is 2. The summed E-state index contributed by atoms with van der Waals surface area (Å²) in [6.45, 7) is 0. The van der Waals surface area contributed by atoms with E-state index in [4.69, 9.17) is 34.7 Å². The molecule has 0 saturated heterocycles. The molecule has 0 atom stereocenters. The quantitative estimate of drug-likeness (QED) is 0.510. The van der Waals surface area contributed by atoms with Crippen molar-refractivity contribution in [3.8, 4) is 11.4 Å². The highest BCUT2D eigenvalue weighted by atomic mass is 35.5. The first-order valence-corrected chi connectivity index (χ1v) is 6.21. The number of hydrogen-bond donors (Lipinski definition) is 4. The van der Waals surface area contributed by atoms with E-state index in [0.717, 1.165) is 0 Å². The molecule has 0 fully saturated rings. The molecule has 0 bridgehead atoms. The third-order valence-electron chi connectivity index (χ3n) is 2.73. The van der Waals surface area contributed by atoms with Crippen molar-refractivity contribution in [3.05, 3.63) is 32.5 Å². The van der Waals surface area contributed by atoms with Crippen LogP contribution in [0.25, 0.3) is 22.6 Å². The van der Waals surface area contributed by atoms with Crippen LogP contribution < -0.4 is 17.0 Å². The Bertz CT molecular complexity index is 861. The molecule has 3 rings (SSSR count). The molecule has 0 saturated carbocycles. The van der Waals surface area contributed by atoms with E-state index >= 15 is 0 Å². The topological polar surface area (TPSA) is 126 Å². The van der Waals surface area contributed by atoms with E-state index in [1.807, 2.05) is 0 Å². The van der Waals surface area contributed by atoms with Crippen LogP contribution >= 0.6 is 23.2 Å². The number of fused-ring (bicyclic) bond motifs is 1. The number of aromatic amines is 2. The average Bonchev–Trinajstić information content (AvgIpc) is 2.79. The van der Waals surface area contributed by atoms with Crippen molar-refractivity contribution in [1.29, 1.82) is 0 Å². The van der Waals surface area contributed by atoms with Crippen molar-refractivity contribution in [2.75, 3.05) is 11.5 Å². The van der Waals surface area contributed by atoms with Gasteiger partial charge in [-0.25, -0.2) is 4.98 Å². The van der Waals surface area contributed by atoms with Gasteiger partial charge in [0.25, 0.3) is 5.56 Å². The number of nitrogen functional groups attached to an aromatic ring is 2. The molecular formula is C11H8Cl2N6O. The van der Waals surface area contributed by atoms with E-state index < -0.39 is 5.56 Å². The molecule has 6 N–H and O–H groups in total. The zero-order valence-electron chi connectivity index (χ0n) is 9.87. The molecule has 3 aromatic rings. The summed E-state index contributed by atoms with van der Waals surface area (Å²) in [6.07, 6.45) is 0. The first-order chi connectivity index (χ1) is 9.45. The van der Waals surface area contributed by atoms with Crippen LogP contribution in [0.2, 0.25) is 10.0 Å². The van der Waals surface area contributed by atoms with Crippen LogP contribution in [0.15, 0.2) is 16.9 Å². The Morgan fingerprint density at radius 3 is 2.35 bits per heavy atom. The van der Waals surface area contributed by atoms with Crippen LogP contribution in [0.4, 0.5) is 11.6 Å². The minimum atomic E-state index is -0.404. The number of rotatable bonds is 1. The summed E-state index contributed by atoms with van der Waals surface area (Å²) < 4.78 is 0. The van der Waals surface area contributed by atoms with Gasteiger partial charge >= 0.3 is 0 Å². The molecule has 0 aliphatic heterocycles. The summed E-state index contributed by atoms with van der Waals surface area (Å²) in [5.41, 5.74) is 12.0. The Morgan fingerprint density at radius 1 is 1.05 bits per heavy atom. The van der Waals surface area contributed by atoms with E-state index in [1.54, 1.807) is 12.1 Å². The molecule has 2 heterocycles. The summed E-state index contributed by atoms with van der Waals surface area (Å²) >= 11 is 11.9. The van der Waals surface area contributed by atoms with E-state index in [0.29, 0.717) is 21.4 Å². The Kier molecular flexibility index (Phi) is 2.81. The molecule has 102 valence electrons. The lowest BCUT2D eigenvalue weighted by molar-refractivity contribution is 1.17. The van der Waals surface area contributed by atoms with Crippen LogP contribution in [-0.4, -0.2) is 19.9 Å². The van der Waals surface area contributed by atoms with Crippen molar-refractivity contribution in [3.63, 3.8) is 0 Å². The fourth-order valence-electron chi connectivity index (χ4n) is 1.78. The predicted molar refractivity (Wildman–Crippen MR) is 78.8 cm³/mol. The number of aromatic nitrogens is 4. The zero-order chi connectivity index (χ0) is 14.4. The van der Waals surface area contributed by atoms with Crippen molar-refractivity contribution in [2.24, 2.45) is 0 Å². The van der Waals surface area contributed by atoms with Gasteiger partial charge in [0.05, 0.1) is 15.7 Å². The summed E-state index contributed by atoms with van der Waals surface area (Å²) in [5, 5.41) is 0.601. The molecule has 0 aliphatic carbocycles. The Hall–Kier alpha value is -2.25. The Balaban J connectivity index is 2.25. The number of nitrogens with one attached hydrogen (secondary N) is 2. The minimum absolute atomic E-state index is 0.00563. The summed E-state index contributed by atoms with van der Waals surface area (Å²) in [7, 11) is 0. The highest BCUT2D eigenvalue weighted by Gasteiger charge is 2.13. The van der Waals surface area contributed by atoms with Crippen molar-refractivity contribution in [1.82, 2.24) is 19.9 Å². The van der Waals surface area contributed by atoms with Gasteiger partial charge < -0.3 is 16.5 Å². The number of hydrogen-bond acceptors (Lipinski definition) is 5. The lowest BCUT2D eigenvalue weighted by Gasteiger charge is -2.03. The monoisotopic (exact) mass is 310 g/mol. The van der Waals surface area contributed by atoms with Crippen molar-refractivity contribution < 1.29 is 0 Å². The standard InChI is InChI=1S/C11H8Cl2N6O/c12-4-1-3(2-5(13)6(4)14)8-16-7-9(17-8)18-11(15)19-10(7)20/h1-2H,14H2,(H4,15,16,17,18,19,20). The number of H-pyrrole nitrogens is 2. The molecule has 20 heavy (non-hydrogen) atoms. The highest BCUT2D eigenvalue weighted by molar-refractivity contribution is 6.39. The molecule has 2 aromatic heterocycles. The molecule has 0 spiro atoms. The van der Waals surface area contributed by atoms with E-state index in [9.17, 15) is 4.79 Å². The molecule has 0 radical (unpaired) electrons. The van der Waals surface area contributed by atoms with Crippen LogP contribution in [0.5, 0.6) is 0 Å². The minimum Gasteiger partial charge on any atom is -0.396 e. The molecule has 1 aromatic carbocycles. The first kappa shape index (κ1) is 12.8. The van der Waals surface area contributed by atoms with Gasteiger partial charge in [0.2, 0.25) is 5.95 Å². The molecule has 7 nitrogen and oxygen atoms in total. The van der Waals surface area contributed by atoms with Gasteiger partial charge in [-0.2, -0.15) is 4.98 Å². The van der Waals surface area contributed by atoms with Gasteiger partial charge in [-0.3, -0.25) is 9.78 Å². The van der Waals surface area contributed by atoms with Gasteiger partial charge in [-0.05, 0) is 12.1 Å². The molecule has 9 heteroatoms. The number of nitrogens with zero attached hydrogens (tertiary/aromatic N) is 2. The van der Waals surface area contributed by atoms with E-state index in [-0.39, 0.29) is 22.8 Å². The Morgan fingerprint density at radius 2 is 1.70 bits per heavy atom. The summed E-state index contributed by atoms with van der Waals surface area (Å²) in [4.78, 5) is 25.1.